The third-order valence-electron chi connectivity index (χ3n) is 8.92. The van der Waals surface area contributed by atoms with Crippen molar-refractivity contribution in [1.82, 2.24) is 23.5 Å². The molecule has 0 saturated carbocycles. The van der Waals surface area contributed by atoms with Crippen LogP contribution < -0.4 is 0 Å². The molecule has 0 aliphatic carbocycles. The normalized spacial score (nSPS) is 12.2. The largest absolute Gasteiger partial charge is 0.309 e. The van der Waals surface area contributed by atoms with Crippen molar-refractivity contribution >= 4 is 71.1 Å². The number of pyridine rings is 2. The van der Waals surface area contributed by atoms with Gasteiger partial charge in [0.1, 0.15) is 5.65 Å². The molecule has 200 valence electrons. The predicted octanol–water partition coefficient (Wildman–Crippen LogP) is 9.23. The molecule has 10 aromatic rings. The Morgan fingerprint density at radius 3 is 1.95 bits per heavy atom. The molecule has 5 aromatic carbocycles. The molecule has 10 rings (SSSR count). The maximum Gasteiger partial charge on any atom is 0.145 e. The first kappa shape index (κ1) is 22.7. The Balaban J connectivity index is 1.49. The van der Waals surface area contributed by atoms with E-state index in [0.29, 0.717) is 0 Å². The van der Waals surface area contributed by atoms with Crippen LogP contribution in [0.25, 0.3) is 82.4 Å². The summed E-state index contributed by atoms with van der Waals surface area (Å²) in [6.07, 6.45) is 5.79. The molecule has 43 heavy (non-hydrogen) atoms. The fourth-order valence-electron chi connectivity index (χ4n) is 7.17. The molecule has 0 fully saturated rings. The van der Waals surface area contributed by atoms with Gasteiger partial charge in [0.25, 0.3) is 0 Å². The summed E-state index contributed by atoms with van der Waals surface area (Å²) in [7, 11) is 0. The fraction of sp³-hybridized carbons (Fsp3) is 0. The summed E-state index contributed by atoms with van der Waals surface area (Å²) in [5.74, 6) is 0. The van der Waals surface area contributed by atoms with Crippen LogP contribution >= 0.6 is 0 Å². The summed E-state index contributed by atoms with van der Waals surface area (Å²) in [6.45, 7) is 0. The van der Waals surface area contributed by atoms with Gasteiger partial charge in [-0.1, -0.05) is 60.7 Å². The van der Waals surface area contributed by atoms with Crippen LogP contribution in [0.3, 0.4) is 0 Å². The van der Waals surface area contributed by atoms with Crippen LogP contribution in [0.2, 0.25) is 0 Å². The fourth-order valence-corrected chi connectivity index (χ4v) is 7.17. The summed E-state index contributed by atoms with van der Waals surface area (Å²) in [5.41, 5.74) is 9.92. The van der Waals surface area contributed by atoms with Gasteiger partial charge in [0.05, 0.1) is 33.1 Å². The summed E-state index contributed by atoms with van der Waals surface area (Å²) < 4.78 is 6.96. The zero-order chi connectivity index (χ0) is 28.1. The van der Waals surface area contributed by atoms with Crippen LogP contribution in [0.5, 0.6) is 0 Å². The highest BCUT2D eigenvalue weighted by molar-refractivity contribution is 6.28. The minimum atomic E-state index is 0.939. The number of benzene rings is 5. The van der Waals surface area contributed by atoms with Gasteiger partial charge >= 0.3 is 0 Å². The lowest BCUT2D eigenvalue weighted by molar-refractivity contribution is 1.17. The third-order valence-corrected chi connectivity index (χ3v) is 8.92. The number of hydrogen-bond donors (Lipinski definition) is 0. The second-order valence-corrected chi connectivity index (χ2v) is 11.1. The van der Waals surface area contributed by atoms with Gasteiger partial charge in [0.15, 0.2) is 0 Å². The molecule has 5 heteroatoms. The molecule has 0 saturated heterocycles. The lowest BCUT2D eigenvalue weighted by Gasteiger charge is -2.13. The average molecular weight is 550 g/mol. The SMILES string of the molecule is c1ccc(-n2c3ccccc3c3cc4c5ccc6c(c7ncccc7n7ccnc67)c5n(-c5ccccc5)c4cc32)cc1. The number of hydrogen-bond acceptors (Lipinski definition) is 2. The van der Waals surface area contributed by atoms with Gasteiger partial charge in [-0.2, -0.15) is 0 Å². The van der Waals surface area contributed by atoms with E-state index in [1.165, 1.54) is 32.6 Å². The molecule has 0 spiro atoms. The number of rotatable bonds is 2. The smallest absolute Gasteiger partial charge is 0.145 e. The molecule has 0 unspecified atom stereocenters. The Labute approximate surface area is 245 Å². The summed E-state index contributed by atoms with van der Waals surface area (Å²) >= 11 is 0. The molecule has 0 aliphatic heterocycles. The first-order valence-corrected chi connectivity index (χ1v) is 14.5. The van der Waals surface area contributed by atoms with Crippen LogP contribution in [-0.2, 0) is 0 Å². The minimum Gasteiger partial charge on any atom is -0.309 e. The van der Waals surface area contributed by atoms with Crippen molar-refractivity contribution < 1.29 is 0 Å². The summed E-state index contributed by atoms with van der Waals surface area (Å²) in [6, 6.07) is 43.5. The van der Waals surface area contributed by atoms with Gasteiger partial charge in [-0.25, -0.2) is 4.98 Å². The van der Waals surface area contributed by atoms with Gasteiger partial charge in [-0.3, -0.25) is 9.38 Å². The maximum absolute atomic E-state index is 4.97. The van der Waals surface area contributed by atoms with Crippen molar-refractivity contribution in [3.8, 4) is 11.4 Å². The van der Waals surface area contributed by atoms with E-state index in [-0.39, 0.29) is 0 Å². The standard InChI is InChI=1S/C38H23N5/c1-3-10-24(11-4-1)42-31-15-8-7-14-26(31)29-22-30-27-17-18-28-35(36-32(16-9-19-39-36)41-21-20-40-38(28)41)37(27)43(34(30)23-33(29)42)25-12-5-2-6-13-25/h1-23H. The van der Waals surface area contributed by atoms with Crippen molar-refractivity contribution in [1.29, 1.82) is 0 Å². The Bertz CT molecular complexity index is 2710. The second kappa shape index (κ2) is 8.30. The van der Waals surface area contributed by atoms with Gasteiger partial charge < -0.3 is 9.13 Å². The summed E-state index contributed by atoms with van der Waals surface area (Å²) in [5, 5.41) is 7.12. The van der Waals surface area contributed by atoms with E-state index in [2.05, 4.69) is 129 Å². The zero-order valence-electron chi connectivity index (χ0n) is 23.0. The molecule has 5 aromatic heterocycles. The molecular formula is C38H23N5. The van der Waals surface area contributed by atoms with E-state index in [0.717, 1.165) is 49.9 Å². The second-order valence-electron chi connectivity index (χ2n) is 11.1. The Morgan fingerprint density at radius 2 is 1.12 bits per heavy atom. The molecule has 0 aliphatic rings. The van der Waals surface area contributed by atoms with Crippen molar-refractivity contribution in [2.24, 2.45) is 0 Å². The van der Waals surface area contributed by atoms with Crippen LogP contribution in [-0.4, -0.2) is 23.5 Å². The monoisotopic (exact) mass is 549 g/mol. The van der Waals surface area contributed by atoms with Crippen molar-refractivity contribution in [2.75, 3.05) is 0 Å². The van der Waals surface area contributed by atoms with E-state index in [1.54, 1.807) is 0 Å². The van der Waals surface area contributed by atoms with Crippen LogP contribution in [0.1, 0.15) is 0 Å². The molecule has 5 heterocycles. The maximum atomic E-state index is 4.97. The van der Waals surface area contributed by atoms with Gasteiger partial charge in [0.2, 0.25) is 0 Å². The minimum absolute atomic E-state index is 0.939. The topological polar surface area (TPSA) is 40.1 Å². The van der Waals surface area contributed by atoms with E-state index >= 15 is 0 Å². The van der Waals surface area contributed by atoms with E-state index in [1.807, 2.05) is 24.7 Å². The highest BCUT2D eigenvalue weighted by Gasteiger charge is 2.22. The number of fused-ring (bicyclic) bond motifs is 13. The first-order chi connectivity index (χ1) is 21.4. The van der Waals surface area contributed by atoms with E-state index in [4.69, 9.17) is 9.97 Å². The van der Waals surface area contributed by atoms with Crippen molar-refractivity contribution in [3.63, 3.8) is 0 Å². The summed E-state index contributed by atoms with van der Waals surface area (Å²) in [4.78, 5) is 9.77. The molecule has 0 bridgehead atoms. The Hall–Kier alpha value is -5.94. The Morgan fingerprint density at radius 1 is 0.442 bits per heavy atom. The molecule has 0 N–H and O–H groups in total. The van der Waals surface area contributed by atoms with Gasteiger partial charge in [0, 0.05) is 62.3 Å². The number of aromatic nitrogens is 5. The van der Waals surface area contributed by atoms with E-state index in [9.17, 15) is 0 Å². The van der Waals surface area contributed by atoms with Gasteiger partial charge in [-0.05, 0) is 60.7 Å². The molecule has 0 radical (unpaired) electrons. The third kappa shape index (κ3) is 2.95. The number of nitrogens with zero attached hydrogens (tertiary/aromatic N) is 5. The van der Waals surface area contributed by atoms with Gasteiger partial charge in [-0.15, -0.1) is 0 Å². The van der Waals surface area contributed by atoms with E-state index < -0.39 is 0 Å². The average Bonchev–Trinajstić information content (AvgIpc) is 3.77. The highest BCUT2D eigenvalue weighted by atomic mass is 15.0. The van der Waals surface area contributed by atoms with Crippen LogP contribution in [0.15, 0.2) is 140 Å². The van der Waals surface area contributed by atoms with Crippen molar-refractivity contribution in [3.05, 3.63) is 140 Å². The number of imidazole rings is 1. The van der Waals surface area contributed by atoms with Crippen molar-refractivity contribution in [2.45, 2.75) is 0 Å². The molecule has 0 atom stereocenters. The van der Waals surface area contributed by atoms with Crippen LogP contribution in [0, 0.1) is 0 Å². The predicted molar refractivity (Wildman–Crippen MR) is 177 cm³/mol. The highest BCUT2D eigenvalue weighted by Crippen LogP contribution is 2.43. The molecular weight excluding hydrogens is 526 g/mol. The first-order valence-electron chi connectivity index (χ1n) is 14.5. The lowest BCUT2D eigenvalue weighted by Crippen LogP contribution is -1.98. The quantitative estimate of drug-likeness (QED) is 0.202. The number of para-hydroxylation sites is 3. The molecule has 5 nitrogen and oxygen atoms in total. The molecule has 0 amide bonds. The zero-order valence-corrected chi connectivity index (χ0v) is 23.0. The van der Waals surface area contributed by atoms with Crippen LogP contribution in [0.4, 0.5) is 0 Å². The Kier molecular flexibility index (Phi) is 4.39. The lowest BCUT2D eigenvalue weighted by atomic mass is 10.0.